The first-order chi connectivity index (χ1) is 16.5. The second kappa shape index (κ2) is 9.27. The van der Waals surface area contributed by atoms with Crippen molar-refractivity contribution in [3.63, 3.8) is 0 Å². The number of hydrogen-bond acceptors (Lipinski definition) is 7. The van der Waals surface area contributed by atoms with Crippen LogP contribution in [0.2, 0.25) is 0 Å². The molecule has 3 aromatic heterocycles. The Balaban J connectivity index is 1.44. The van der Waals surface area contributed by atoms with Gasteiger partial charge in [0, 0.05) is 39.3 Å². The molecular formula is C21H21F3N6O5. The van der Waals surface area contributed by atoms with Crippen molar-refractivity contribution in [2.24, 2.45) is 0 Å². The number of pyridine rings is 2. The summed E-state index contributed by atoms with van der Waals surface area (Å²) in [7, 11) is 3.15. The summed E-state index contributed by atoms with van der Waals surface area (Å²) in [4.78, 5) is 44.1. The number of carbonyl (C=O) groups is 2. The van der Waals surface area contributed by atoms with Gasteiger partial charge in [-0.25, -0.2) is 18.9 Å². The lowest BCUT2D eigenvalue weighted by Gasteiger charge is -2.17. The van der Waals surface area contributed by atoms with Gasteiger partial charge in [-0.1, -0.05) is 0 Å². The number of hydrogen-bond donors (Lipinski definition) is 0. The third-order valence-electron chi connectivity index (χ3n) is 5.18. The topological polar surface area (TPSA) is 111 Å². The van der Waals surface area contributed by atoms with Crippen molar-refractivity contribution in [2.75, 3.05) is 32.1 Å². The molecule has 35 heavy (non-hydrogen) atoms. The molecule has 0 bridgehead atoms. The fourth-order valence-electron chi connectivity index (χ4n) is 3.40. The van der Waals surface area contributed by atoms with Gasteiger partial charge in [0.25, 0.3) is 5.91 Å². The minimum atomic E-state index is -4.48. The minimum absolute atomic E-state index is 0.197. The van der Waals surface area contributed by atoms with E-state index in [9.17, 15) is 27.6 Å². The normalized spacial score (nSPS) is 16.1. The highest BCUT2D eigenvalue weighted by molar-refractivity contribution is 5.99. The van der Waals surface area contributed by atoms with Crippen molar-refractivity contribution in [2.45, 2.75) is 25.2 Å². The number of carbonyl (C=O) groups excluding carboxylic acids is 2. The zero-order valence-electron chi connectivity index (χ0n) is 18.7. The van der Waals surface area contributed by atoms with Gasteiger partial charge >= 0.3 is 11.9 Å². The van der Waals surface area contributed by atoms with E-state index in [2.05, 4.69) is 14.8 Å². The van der Waals surface area contributed by atoms with E-state index in [0.717, 1.165) is 4.68 Å². The van der Waals surface area contributed by atoms with E-state index in [4.69, 9.17) is 4.74 Å². The Morgan fingerprint density at radius 2 is 1.97 bits per heavy atom. The molecule has 4 rings (SSSR count). The highest BCUT2D eigenvalue weighted by atomic mass is 19.4. The van der Waals surface area contributed by atoms with Crippen LogP contribution in [0.25, 0.3) is 5.65 Å². The Bertz CT molecular complexity index is 1300. The lowest BCUT2D eigenvalue weighted by Crippen LogP contribution is -2.33. The summed E-state index contributed by atoms with van der Waals surface area (Å²) >= 11 is 0. The molecule has 3 aromatic rings. The number of aromatic nitrogens is 4. The molecule has 1 fully saturated rings. The molecule has 1 aliphatic rings. The number of likely N-dealkylation sites (N-methyl/N-ethyl adjacent to an activating group) is 1. The van der Waals surface area contributed by atoms with Crippen LogP contribution in [0.3, 0.4) is 0 Å². The zero-order valence-corrected chi connectivity index (χ0v) is 18.7. The van der Waals surface area contributed by atoms with Crippen LogP contribution in [0.5, 0.6) is 11.6 Å². The highest BCUT2D eigenvalue weighted by Crippen LogP contribution is 2.25. The summed E-state index contributed by atoms with van der Waals surface area (Å²) in [6, 6.07) is 5.79. The van der Waals surface area contributed by atoms with Crippen LogP contribution in [0.1, 0.15) is 6.42 Å². The molecule has 14 heteroatoms. The summed E-state index contributed by atoms with van der Waals surface area (Å²) in [6.45, 7) is -1.36. The number of anilines is 1. The Kier molecular flexibility index (Phi) is 6.37. The molecule has 1 atom stereocenters. The average Bonchev–Trinajstić information content (AvgIpc) is 3.32. The van der Waals surface area contributed by atoms with Crippen LogP contribution in [0.15, 0.2) is 41.5 Å². The third kappa shape index (κ3) is 5.36. The zero-order chi connectivity index (χ0) is 25.3. The Morgan fingerprint density at radius 3 is 2.63 bits per heavy atom. The Labute approximate surface area is 196 Å². The number of rotatable bonds is 7. The number of ether oxygens (including phenoxy) is 2. The summed E-state index contributed by atoms with van der Waals surface area (Å²) in [5.41, 5.74) is 0.252. The molecule has 11 nitrogen and oxygen atoms in total. The predicted molar refractivity (Wildman–Crippen MR) is 115 cm³/mol. The van der Waals surface area contributed by atoms with E-state index in [1.165, 1.54) is 38.7 Å². The lowest BCUT2D eigenvalue weighted by atomic mass is 10.3. The molecular weight excluding hydrogens is 473 g/mol. The van der Waals surface area contributed by atoms with Gasteiger partial charge in [-0.2, -0.15) is 13.2 Å². The van der Waals surface area contributed by atoms with E-state index < -0.39 is 24.6 Å². The molecule has 2 amide bonds. The second-order valence-corrected chi connectivity index (χ2v) is 7.96. The fourth-order valence-corrected chi connectivity index (χ4v) is 3.40. The van der Waals surface area contributed by atoms with E-state index in [1.54, 1.807) is 26.2 Å². The smallest absolute Gasteiger partial charge is 0.422 e. The largest absolute Gasteiger partial charge is 0.479 e. The Morgan fingerprint density at radius 1 is 1.20 bits per heavy atom. The molecule has 0 saturated carbocycles. The Hall–Kier alpha value is -4.10. The summed E-state index contributed by atoms with van der Waals surface area (Å²) in [6.07, 6.45) is -2.33. The summed E-state index contributed by atoms with van der Waals surface area (Å²) in [5.74, 6) is -0.673. The van der Waals surface area contributed by atoms with Crippen LogP contribution in [-0.4, -0.2) is 75.4 Å². The predicted octanol–water partition coefficient (Wildman–Crippen LogP) is 1.10. The maximum absolute atomic E-state index is 12.9. The monoisotopic (exact) mass is 494 g/mol. The number of halogens is 3. The van der Waals surface area contributed by atoms with Crippen LogP contribution >= 0.6 is 0 Å². The standard InChI is InChI=1S/C21H21F3N6O5/c1-27(2)18(31)11-30-20(33)29-10-13(3-5-16(29)26-30)28-8-7-15(19(28)32)35-14-4-6-17(25-9-14)34-12-21(22,23)24/h3-6,9-10,15H,7-8,11-12H2,1-2H3. The van der Waals surface area contributed by atoms with Crippen molar-refractivity contribution >= 4 is 23.1 Å². The van der Waals surface area contributed by atoms with Gasteiger partial charge in [-0.05, 0) is 18.2 Å². The number of amides is 2. The second-order valence-electron chi connectivity index (χ2n) is 7.96. The molecule has 0 N–H and O–H groups in total. The van der Waals surface area contributed by atoms with E-state index in [-0.39, 0.29) is 30.0 Å². The molecule has 0 spiro atoms. The first-order valence-corrected chi connectivity index (χ1v) is 10.4. The van der Waals surface area contributed by atoms with Crippen LogP contribution in [-0.2, 0) is 16.1 Å². The summed E-state index contributed by atoms with van der Waals surface area (Å²) < 4.78 is 49.2. The highest BCUT2D eigenvalue weighted by Gasteiger charge is 2.35. The van der Waals surface area contributed by atoms with Gasteiger partial charge < -0.3 is 19.3 Å². The quantitative estimate of drug-likeness (QED) is 0.484. The van der Waals surface area contributed by atoms with E-state index >= 15 is 0 Å². The number of alkyl halides is 3. The molecule has 1 saturated heterocycles. The molecule has 0 radical (unpaired) electrons. The molecule has 186 valence electrons. The van der Waals surface area contributed by atoms with Crippen molar-refractivity contribution in [3.05, 3.63) is 47.1 Å². The molecule has 1 aliphatic heterocycles. The average molecular weight is 494 g/mol. The van der Waals surface area contributed by atoms with Gasteiger partial charge in [0.15, 0.2) is 18.4 Å². The van der Waals surface area contributed by atoms with Crippen molar-refractivity contribution in [3.8, 4) is 11.6 Å². The van der Waals surface area contributed by atoms with Gasteiger partial charge in [-0.3, -0.25) is 9.59 Å². The SMILES string of the molecule is CN(C)C(=O)Cn1nc2ccc(N3CCC(Oc4ccc(OCC(F)(F)F)nc4)C3=O)cn2c1=O. The third-order valence-corrected chi connectivity index (χ3v) is 5.18. The lowest BCUT2D eigenvalue weighted by molar-refractivity contribution is -0.154. The summed E-state index contributed by atoms with van der Waals surface area (Å²) in [5, 5.41) is 4.14. The van der Waals surface area contributed by atoms with Crippen molar-refractivity contribution in [1.82, 2.24) is 24.1 Å². The molecule has 1 unspecified atom stereocenters. The van der Waals surface area contributed by atoms with Gasteiger partial charge in [0.05, 0.1) is 11.9 Å². The van der Waals surface area contributed by atoms with Crippen molar-refractivity contribution < 1.29 is 32.2 Å². The van der Waals surface area contributed by atoms with Gasteiger partial charge in [-0.15, -0.1) is 5.10 Å². The van der Waals surface area contributed by atoms with E-state index in [1.807, 2.05) is 0 Å². The fraction of sp³-hybridized carbons (Fsp3) is 0.381. The maximum Gasteiger partial charge on any atom is 0.422 e. The molecule has 0 aliphatic carbocycles. The molecule has 4 heterocycles. The van der Waals surface area contributed by atoms with Crippen molar-refractivity contribution in [1.29, 1.82) is 0 Å². The molecule has 0 aromatic carbocycles. The van der Waals surface area contributed by atoms with Crippen LogP contribution < -0.4 is 20.1 Å². The van der Waals surface area contributed by atoms with Crippen LogP contribution in [0, 0.1) is 0 Å². The van der Waals surface area contributed by atoms with E-state index in [0.29, 0.717) is 24.3 Å². The van der Waals surface area contributed by atoms with Crippen LogP contribution in [0.4, 0.5) is 18.9 Å². The van der Waals surface area contributed by atoms with Gasteiger partial charge in [0.2, 0.25) is 11.8 Å². The number of fused-ring (bicyclic) bond motifs is 1. The number of nitrogens with zero attached hydrogens (tertiary/aromatic N) is 6. The first-order valence-electron chi connectivity index (χ1n) is 10.4. The minimum Gasteiger partial charge on any atom is -0.479 e. The first kappa shape index (κ1) is 24.0. The van der Waals surface area contributed by atoms with Gasteiger partial charge in [0.1, 0.15) is 12.3 Å². The maximum atomic E-state index is 12.9.